The van der Waals surface area contributed by atoms with Crippen LogP contribution in [0.2, 0.25) is 5.02 Å². The molecule has 0 spiro atoms. The van der Waals surface area contributed by atoms with Crippen LogP contribution in [-0.2, 0) is 26.6 Å². The van der Waals surface area contributed by atoms with E-state index in [-0.39, 0.29) is 0 Å². The van der Waals surface area contributed by atoms with Gasteiger partial charge in [0.1, 0.15) is 5.82 Å². The van der Waals surface area contributed by atoms with Crippen LogP contribution in [0, 0.1) is 0 Å². The fourth-order valence-electron chi connectivity index (χ4n) is 1.82. The summed E-state index contributed by atoms with van der Waals surface area (Å²) in [6.45, 7) is 5.60. The van der Waals surface area contributed by atoms with Gasteiger partial charge in [-0.1, -0.05) is 18.5 Å². The van der Waals surface area contributed by atoms with Crippen molar-refractivity contribution in [1.29, 1.82) is 0 Å². The van der Waals surface area contributed by atoms with Crippen molar-refractivity contribution in [2.45, 2.75) is 33.4 Å². The van der Waals surface area contributed by atoms with E-state index in [1.807, 2.05) is 35.6 Å². The Morgan fingerprint density at radius 2 is 2.11 bits per heavy atom. The Labute approximate surface area is 112 Å². The van der Waals surface area contributed by atoms with Gasteiger partial charge in [-0.2, -0.15) is 10.2 Å². The highest BCUT2D eigenvalue weighted by atomic mass is 35.5. The van der Waals surface area contributed by atoms with Crippen LogP contribution in [-0.4, -0.2) is 19.6 Å². The molecule has 2 aromatic rings. The Balaban J connectivity index is 2.08. The van der Waals surface area contributed by atoms with Gasteiger partial charge in [-0.3, -0.25) is 9.36 Å². The monoisotopic (exact) mass is 267 g/mol. The molecule has 0 saturated heterocycles. The molecule has 2 heterocycles. The second kappa shape index (κ2) is 5.44. The van der Waals surface area contributed by atoms with Crippen LogP contribution >= 0.6 is 11.6 Å². The van der Waals surface area contributed by atoms with E-state index in [1.165, 1.54) is 0 Å². The molecule has 0 unspecified atom stereocenters. The van der Waals surface area contributed by atoms with Gasteiger partial charge < -0.3 is 5.32 Å². The van der Waals surface area contributed by atoms with Crippen molar-refractivity contribution in [2.24, 2.45) is 7.05 Å². The summed E-state index contributed by atoms with van der Waals surface area (Å²) < 4.78 is 3.70. The summed E-state index contributed by atoms with van der Waals surface area (Å²) >= 11 is 6.28. The molecule has 0 amide bonds. The van der Waals surface area contributed by atoms with Crippen molar-refractivity contribution in [3.63, 3.8) is 0 Å². The number of aromatic nitrogens is 4. The van der Waals surface area contributed by atoms with Crippen molar-refractivity contribution in [3.05, 3.63) is 28.7 Å². The number of anilines is 1. The largest absolute Gasteiger partial charge is 0.363 e. The van der Waals surface area contributed by atoms with E-state index in [0.29, 0.717) is 6.54 Å². The van der Waals surface area contributed by atoms with E-state index in [0.717, 1.165) is 35.2 Å². The zero-order valence-electron chi connectivity index (χ0n) is 10.9. The Kier molecular flexibility index (Phi) is 3.91. The smallest absolute Gasteiger partial charge is 0.148 e. The van der Waals surface area contributed by atoms with Gasteiger partial charge in [-0.05, 0) is 13.3 Å². The SMILES string of the molecule is CCc1nn(C)c(CNc2ccn(CC)n2)c1Cl. The molecule has 6 heteroatoms. The number of aryl methyl sites for hydroxylation is 3. The normalized spacial score (nSPS) is 10.9. The molecule has 0 aliphatic rings. The van der Waals surface area contributed by atoms with Crippen molar-refractivity contribution < 1.29 is 0 Å². The Hall–Kier alpha value is -1.49. The first-order chi connectivity index (χ1) is 8.65. The molecule has 0 atom stereocenters. The maximum atomic E-state index is 6.28. The average Bonchev–Trinajstić information content (AvgIpc) is 2.93. The zero-order chi connectivity index (χ0) is 13.1. The first-order valence-electron chi connectivity index (χ1n) is 6.13. The number of hydrogen-bond acceptors (Lipinski definition) is 3. The summed E-state index contributed by atoms with van der Waals surface area (Å²) in [5, 5.41) is 12.8. The minimum atomic E-state index is 0.628. The highest BCUT2D eigenvalue weighted by Crippen LogP contribution is 2.21. The predicted octanol–water partition coefficient (Wildman–Crippen LogP) is 2.46. The van der Waals surface area contributed by atoms with Gasteiger partial charge in [0.05, 0.1) is 23.0 Å². The predicted molar refractivity (Wildman–Crippen MR) is 72.8 cm³/mol. The Bertz CT molecular complexity index is 529. The average molecular weight is 268 g/mol. The molecule has 0 saturated carbocycles. The highest BCUT2D eigenvalue weighted by Gasteiger charge is 2.12. The molecule has 1 N–H and O–H groups in total. The Morgan fingerprint density at radius 3 is 2.67 bits per heavy atom. The summed E-state index contributed by atoms with van der Waals surface area (Å²) in [6, 6.07) is 1.95. The van der Waals surface area contributed by atoms with Crippen LogP contribution in [0.15, 0.2) is 12.3 Å². The fraction of sp³-hybridized carbons (Fsp3) is 0.500. The number of halogens is 1. The highest BCUT2D eigenvalue weighted by molar-refractivity contribution is 6.31. The molecule has 2 rings (SSSR count). The molecule has 0 aliphatic carbocycles. The third kappa shape index (κ3) is 2.51. The van der Waals surface area contributed by atoms with Crippen LogP contribution in [0.3, 0.4) is 0 Å². The lowest BCUT2D eigenvalue weighted by Crippen LogP contribution is -2.06. The first kappa shape index (κ1) is 13.0. The number of rotatable bonds is 5. The molecule has 5 nitrogen and oxygen atoms in total. The molecule has 18 heavy (non-hydrogen) atoms. The van der Waals surface area contributed by atoms with Crippen molar-refractivity contribution in [3.8, 4) is 0 Å². The fourth-order valence-corrected chi connectivity index (χ4v) is 2.18. The minimum absolute atomic E-state index is 0.628. The van der Waals surface area contributed by atoms with Crippen molar-refractivity contribution >= 4 is 17.4 Å². The molecular formula is C12H18ClN5. The molecule has 0 radical (unpaired) electrons. The molecular weight excluding hydrogens is 250 g/mol. The molecule has 0 aromatic carbocycles. The van der Waals surface area contributed by atoms with Gasteiger partial charge in [0.25, 0.3) is 0 Å². The second-order valence-electron chi connectivity index (χ2n) is 4.09. The summed E-state index contributed by atoms with van der Waals surface area (Å²) in [6.07, 6.45) is 2.79. The lowest BCUT2D eigenvalue weighted by atomic mass is 10.3. The topological polar surface area (TPSA) is 47.7 Å². The van der Waals surface area contributed by atoms with Gasteiger partial charge in [0.2, 0.25) is 0 Å². The van der Waals surface area contributed by atoms with E-state index in [1.54, 1.807) is 0 Å². The number of nitrogens with one attached hydrogen (secondary N) is 1. The van der Waals surface area contributed by atoms with E-state index in [4.69, 9.17) is 11.6 Å². The molecule has 0 bridgehead atoms. The van der Waals surface area contributed by atoms with Crippen LogP contribution in [0.4, 0.5) is 5.82 Å². The lowest BCUT2D eigenvalue weighted by Gasteiger charge is -2.04. The maximum absolute atomic E-state index is 6.28. The maximum Gasteiger partial charge on any atom is 0.148 e. The Morgan fingerprint density at radius 1 is 1.33 bits per heavy atom. The second-order valence-corrected chi connectivity index (χ2v) is 4.47. The van der Waals surface area contributed by atoms with Gasteiger partial charge >= 0.3 is 0 Å². The summed E-state index contributed by atoms with van der Waals surface area (Å²) in [7, 11) is 1.91. The van der Waals surface area contributed by atoms with Crippen LogP contribution in [0.1, 0.15) is 25.2 Å². The molecule has 0 aliphatic heterocycles. The summed E-state index contributed by atoms with van der Waals surface area (Å²) in [5.41, 5.74) is 1.93. The lowest BCUT2D eigenvalue weighted by molar-refractivity contribution is 0.659. The third-order valence-corrected chi connectivity index (χ3v) is 3.34. The molecule has 98 valence electrons. The number of hydrogen-bond donors (Lipinski definition) is 1. The number of nitrogens with zero attached hydrogens (tertiary/aromatic N) is 4. The minimum Gasteiger partial charge on any atom is -0.363 e. The van der Waals surface area contributed by atoms with Crippen molar-refractivity contribution in [1.82, 2.24) is 19.6 Å². The quantitative estimate of drug-likeness (QED) is 0.905. The standard InChI is InChI=1S/C12H18ClN5/c1-4-9-12(13)10(17(3)15-9)8-14-11-6-7-18(5-2)16-11/h6-7H,4-5,8H2,1-3H3,(H,14,16). The van der Waals surface area contributed by atoms with Gasteiger partial charge in [0.15, 0.2) is 0 Å². The first-order valence-corrected chi connectivity index (χ1v) is 6.51. The van der Waals surface area contributed by atoms with Gasteiger partial charge in [-0.25, -0.2) is 0 Å². The summed E-state index contributed by atoms with van der Waals surface area (Å²) in [5.74, 6) is 0.854. The van der Waals surface area contributed by atoms with Crippen LogP contribution < -0.4 is 5.32 Å². The van der Waals surface area contributed by atoms with E-state index in [2.05, 4.69) is 22.4 Å². The van der Waals surface area contributed by atoms with Crippen LogP contribution in [0.25, 0.3) is 0 Å². The van der Waals surface area contributed by atoms with Gasteiger partial charge in [0, 0.05) is 25.9 Å². The third-order valence-electron chi connectivity index (χ3n) is 2.90. The molecule has 0 fully saturated rings. The van der Waals surface area contributed by atoms with E-state index in [9.17, 15) is 0 Å². The van der Waals surface area contributed by atoms with Crippen molar-refractivity contribution in [2.75, 3.05) is 5.32 Å². The van der Waals surface area contributed by atoms with E-state index < -0.39 is 0 Å². The van der Waals surface area contributed by atoms with Crippen LogP contribution in [0.5, 0.6) is 0 Å². The zero-order valence-corrected chi connectivity index (χ0v) is 11.7. The molecule has 2 aromatic heterocycles. The summed E-state index contributed by atoms with van der Waals surface area (Å²) in [4.78, 5) is 0. The van der Waals surface area contributed by atoms with E-state index >= 15 is 0 Å². The van der Waals surface area contributed by atoms with Gasteiger partial charge in [-0.15, -0.1) is 0 Å².